The summed E-state index contributed by atoms with van der Waals surface area (Å²) in [6.07, 6.45) is 0. The molecule has 8 aromatic rings. The maximum Gasteiger partial charge on any atom is 0.271 e. The lowest BCUT2D eigenvalue weighted by Gasteiger charge is -2.30. The van der Waals surface area contributed by atoms with Crippen LogP contribution in [0.25, 0.3) is 0 Å². The van der Waals surface area contributed by atoms with E-state index in [0.717, 1.165) is 33.4 Å². The summed E-state index contributed by atoms with van der Waals surface area (Å²) in [7, 11) is 0. The third-order valence-electron chi connectivity index (χ3n) is 9.88. The molecule has 0 unspecified atom stereocenters. The fourth-order valence-corrected chi connectivity index (χ4v) is 7.00. The molecule has 0 aliphatic heterocycles. The first kappa shape index (κ1) is 40.0. The third-order valence-corrected chi connectivity index (χ3v) is 9.88. The predicted molar refractivity (Wildman–Crippen MR) is 234 cm³/mol. The number of azo groups is 2. The van der Waals surface area contributed by atoms with Gasteiger partial charge in [-0.2, -0.15) is 20.5 Å². The summed E-state index contributed by atoms with van der Waals surface area (Å²) >= 11 is 0. The fourth-order valence-electron chi connectivity index (χ4n) is 7.00. The smallest absolute Gasteiger partial charge is 0.258 e. The van der Waals surface area contributed by atoms with Gasteiger partial charge in [0.1, 0.15) is 0 Å². The molecular weight excluding hydrogens is 749 g/mol. The van der Waals surface area contributed by atoms with Crippen molar-refractivity contribution in [3.63, 3.8) is 0 Å². The number of nitrogens with zero attached hydrogens (tertiary/aromatic N) is 6. The highest BCUT2D eigenvalue weighted by atomic mass is 16.6. The van der Waals surface area contributed by atoms with E-state index in [1.807, 2.05) is 182 Å². The zero-order chi connectivity index (χ0) is 41.6. The van der Waals surface area contributed by atoms with Gasteiger partial charge in [0.05, 0.1) is 21.2 Å². The van der Waals surface area contributed by atoms with Crippen molar-refractivity contribution >= 4 is 22.7 Å². The van der Waals surface area contributed by atoms with Crippen LogP contribution < -0.4 is 0 Å². The quantitative estimate of drug-likeness (QED) is 0.0527. The summed E-state index contributed by atoms with van der Waals surface area (Å²) in [4.78, 5) is 21.2. The second-order valence-electron chi connectivity index (χ2n) is 13.6. The van der Waals surface area contributed by atoms with Crippen molar-refractivity contribution in [2.24, 2.45) is 20.5 Å². The number of rotatable bonds is 12. The van der Waals surface area contributed by atoms with Crippen molar-refractivity contribution in [3.05, 3.63) is 284 Å². The number of benzene rings is 8. The summed E-state index contributed by atoms with van der Waals surface area (Å²) in [6, 6.07) is 72.1. The van der Waals surface area contributed by atoms with Crippen LogP contribution in [0.1, 0.15) is 33.4 Å². The van der Waals surface area contributed by atoms with Gasteiger partial charge in [0.2, 0.25) is 0 Å². The second-order valence-corrected chi connectivity index (χ2v) is 13.6. The summed E-state index contributed by atoms with van der Waals surface area (Å²) < 4.78 is 0. The Balaban J connectivity index is 0.000000181. The SMILES string of the molecule is O=[N+]([O-])c1ccc(N=NC(c2ccccc2)(c2ccccc2)c2ccccc2)cc1.O=[N+]([O-])c1cccc(N=NC(c2ccccc2)(c2ccccc2)c2ccccc2)c1. The minimum atomic E-state index is -0.894. The fraction of sp³-hybridized carbons (Fsp3) is 0.0400. The maximum absolute atomic E-state index is 11.2. The molecule has 0 aliphatic rings. The van der Waals surface area contributed by atoms with Crippen LogP contribution in [0.15, 0.2) is 251 Å². The molecule has 10 heteroatoms. The Morgan fingerprint density at radius 3 is 0.917 bits per heavy atom. The minimum absolute atomic E-state index is 0.0174. The molecule has 10 nitrogen and oxygen atoms in total. The average molecular weight is 787 g/mol. The molecule has 0 radical (unpaired) electrons. The summed E-state index contributed by atoms with van der Waals surface area (Å²) in [5, 5.41) is 40.8. The van der Waals surface area contributed by atoms with E-state index in [-0.39, 0.29) is 11.4 Å². The van der Waals surface area contributed by atoms with Crippen LogP contribution in [0.4, 0.5) is 22.7 Å². The highest BCUT2D eigenvalue weighted by molar-refractivity contribution is 5.53. The second kappa shape index (κ2) is 18.8. The van der Waals surface area contributed by atoms with E-state index < -0.39 is 20.9 Å². The Morgan fingerprint density at radius 1 is 0.317 bits per heavy atom. The van der Waals surface area contributed by atoms with Gasteiger partial charge in [0.15, 0.2) is 11.1 Å². The monoisotopic (exact) mass is 786 g/mol. The Bertz CT molecular complexity index is 2490. The van der Waals surface area contributed by atoms with Gasteiger partial charge in [-0.15, -0.1) is 0 Å². The maximum atomic E-state index is 11.2. The normalized spacial score (nSPS) is 11.5. The minimum Gasteiger partial charge on any atom is -0.258 e. The summed E-state index contributed by atoms with van der Waals surface area (Å²) in [6.45, 7) is 0. The van der Waals surface area contributed by atoms with Gasteiger partial charge < -0.3 is 0 Å². The molecule has 292 valence electrons. The number of nitro benzene ring substituents is 2. The molecular formula is C50H38N6O4. The third kappa shape index (κ3) is 8.83. The lowest BCUT2D eigenvalue weighted by molar-refractivity contribution is -0.385. The van der Waals surface area contributed by atoms with Crippen LogP contribution in [-0.2, 0) is 11.1 Å². The van der Waals surface area contributed by atoms with Crippen LogP contribution in [0.5, 0.6) is 0 Å². The van der Waals surface area contributed by atoms with E-state index in [1.165, 1.54) is 24.3 Å². The summed E-state index contributed by atoms with van der Waals surface area (Å²) in [5.41, 5.74) is 5.04. The highest BCUT2D eigenvalue weighted by Gasteiger charge is 2.38. The van der Waals surface area contributed by atoms with Crippen molar-refractivity contribution in [1.82, 2.24) is 0 Å². The van der Waals surface area contributed by atoms with E-state index in [0.29, 0.717) is 11.4 Å². The molecule has 0 spiro atoms. The Labute approximate surface area is 347 Å². The van der Waals surface area contributed by atoms with Crippen molar-refractivity contribution in [3.8, 4) is 0 Å². The Hall–Kier alpha value is -8.24. The van der Waals surface area contributed by atoms with Gasteiger partial charge in [-0.3, -0.25) is 20.2 Å². The molecule has 0 bridgehead atoms. The van der Waals surface area contributed by atoms with Crippen molar-refractivity contribution in [2.45, 2.75) is 11.1 Å². The molecule has 60 heavy (non-hydrogen) atoms. The Kier molecular flexibility index (Phi) is 12.5. The molecule has 0 saturated heterocycles. The van der Waals surface area contributed by atoms with Crippen molar-refractivity contribution in [2.75, 3.05) is 0 Å². The summed E-state index contributed by atoms with van der Waals surface area (Å²) in [5.74, 6) is 0. The molecule has 0 aliphatic carbocycles. The molecule has 0 heterocycles. The predicted octanol–water partition coefficient (Wildman–Crippen LogP) is 13.3. The Morgan fingerprint density at radius 2 is 0.617 bits per heavy atom. The van der Waals surface area contributed by atoms with Crippen molar-refractivity contribution in [1.29, 1.82) is 0 Å². The molecule has 0 saturated carbocycles. The van der Waals surface area contributed by atoms with Gasteiger partial charge in [-0.1, -0.05) is 188 Å². The molecule has 0 atom stereocenters. The lowest BCUT2D eigenvalue weighted by atomic mass is 9.78. The van der Waals surface area contributed by atoms with Gasteiger partial charge in [0.25, 0.3) is 11.4 Å². The lowest BCUT2D eigenvalue weighted by Crippen LogP contribution is -2.26. The van der Waals surface area contributed by atoms with Gasteiger partial charge in [-0.05, 0) is 51.6 Å². The first-order chi connectivity index (χ1) is 29.4. The van der Waals surface area contributed by atoms with Crippen LogP contribution >= 0.6 is 0 Å². The zero-order valence-electron chi connectivity index (χ0n) is 32.3. The molecule has 0 N–H and O–H groups in total. The topological polar surface area (TPSA) is 136 Å². The van der Waals surface area contributed by atoms with E-state index in [4.69, 9.17) is 10.2 Å². The van der Waals surface area contributed by atoms with Gasteiger partial charge in [0, 0.05) is 24.3 Å². The molecule has 0 fully saturated rings. The van der Waals surface area contributed by atoms with E-state index >= 15 is 0 Å². The van der Waals surface area contributed by atoms with Crippen molar-refractivity contribution < 1.29 is 9.85 Å². The first-order valence-electron chi connectivity index (χ1n) is 19.1. The van der Waals surface area contributed by atoms with Crippen LogP contribution in [0, 0.1) is 20.2 Å². The van der Waals surface area contributed by atoms with Crippen LogP contribution in [0.3, 0.4) is 0 Å². The van der Waals surface area contributed by atoms with E-state index in [9.17, 15) is 20.2 Å². The molecule has 0 aromatic heterocycles. The van der Waals surface area contributed by atoms with E-state index in [1.54, 1.807) is 24.3 Å². The average Bonchev–Trinajstić information content (AvgIpc) is 3.32. The highest BCUT2D eigenvalue weighted by Crippen LogP contribution is 2.43. The largest absolute Gasteiger partial charge is 0.271 e. The van der Waals surface area contributed by atoms with Crippen LogP contribution in [0.2, 0.25) is 0 Å². The van der Waals surface area contributed by atoms with E-state index in [2.05, 4.69) is 10.2 Å². The number of nitro groups is 2. The molecule has 8 aromatic carbocycles. The number of hydrogen-bond acceptors (Lipinski definition) is 8. The number of hydrogen-bond donors (Lipinski definition) is 0. The molecule has 8 rings (SSSR count). The van der Waals surface area contributed by atoms with Crippen LogP contribution in [-0.4, -0.2) is 9.85 Å². The van der Waals surface area contributed by atoms with Gasteiger partial charge in [-0.25, -0.2) is 0 Å². The standard InChI is InChI=1S/2C25H19N3O2/c29-28(30)24-18-10-17-23(19-24)26-27-25(20-11-4-1-5-12-20,21-13-6-2-7-14-21)22-15-8-3-9-16-22;29-28(30)24-18-16-23(17-19-24)26-27-25(20-10-4-1-5-11-20,21-12-6-2-7-13-21)22-14-8-3-9-15-22/h2*1-19H. The number of non-ortho nitro benzene ring substituents is 2. The zero-order valence-corrected chi connectivity index (χ0v) is 32.3. The molecule has 0 amide bonds. The first-order valence-corrected chi connectivity index (χ1v) is 19.1. The van der Waals surface area contributed by atoms with Gasteiger partial charge >= 0.3 is 0 Å².